The molecule has 3 rings (SSSR count). The average Bonchev–Trinajstić information content (AvgIpc) is 3.07. The first-order chi connectivity index (χ1) is 12.1. The van der Waals surface area contributed by atoms with E-state index in [0.717, 1.165) is 11.1 Å². The van der Waals surface area contributed by atoms with Crippen LogP contribution in [0.25, 0.3) is 11.4 Å². The third kappa shape index (κ3) is 3.95. The van der Waals surface area contributed by atoms with Gasteiger partial charge in [-0.2, -0.15) is 4.80 Å². The van der Waals surface area contributed by atoms with Crippen LogP contribution in [-0.2, 0) is 11.3 Å². The molecule has 0 aliphatic carbocycles. The number of carbonyl (C=O) groups excluding carboxylic acids is 1. The number of rotatable bonds is 5. The van der Waals surface area contributed by atoms with Crippen LogP contribution in [0, 0.1) is 6.92 Å². The van der Waals surface area contributed by atoms with Gasteiger partial charge in [-0.3, -0.25) is 4.79 Å². The molecule has 0 aliphatic rings. The zero-order valence-corrected chi connectivity index (χ0v) is 14.5. The number of methoxy groups -OCH3 is 1. The van der Waals surface area contributed by atoms with Gasteiger partial charge in [0.1, 0.15) is 12.3 Å². The van der Waals surface area contributed by atoms with E-state index in [2.05, 4.69) is 20.7 Å². The molecule has 8 heteroatoms. The Morgan fingerprint density at radius 2 is 2.08 bits per heavy atom. The Morgan fingerprint density at radius 1 is 1.28 bits per heavy atom. The summed E-state index contributed by atoms with van der Waals surface area (Å²) in [5.41, 5.74) is 2.23. The fraction of sp³-hybridized carbons (Fsp3) is 0.176. The fourth-order valence-corrected chi connectivity index (χ4v) is 2.42. The van der Waals surface area contributed by atoms with Crippen LogP contribution in [0.15, 0.2) is 42.5 Å². The number of amides is 1. The topological polar surface area (TPSA) is 81.9 Å². The van der Waals surface area contributed by atoms with Gasteiger partial charge in [0.05, 0.1) is 7.11 Å². The molecule has 0 radical (unpaired) electrons. The van der Waals surface area contributed by atoms with Crippen molar-refractivity contribution in [1.29, 1.82) is 0 Å². The maximum Gasteiger partial charge on any atom is 0.248 e. The molecule has 1 amide bonds. The second-order valence-electron chi connectivity index (χ2n) is 5.34. The summed E-state index contributed by atoms with van der Waals surface area (Å²) in [6.45, 7) is 1.79. The van der Waals surface area contributed by atoms with Gasteiger partial charge in [-0.15, -0.1) is 10.2 Å². The van der Waals surface area contributed by atoms with Crippen molar-refractivity contribution in [3.63, 3.8) is 0 Å². The third-order valence-corrected chi connectivity index (χ3v) is 4.02. The van der Waals surface area contributed by atoms with Gasteiger partial charge < -0.3 is 10.1 Å². The van der Waals surface area contributed by atoms with Crippen LogP contribution in [0.3, 0.4) is 0 Å². The molecule has 0 saturated carbocycles. The summed E-state index contributed by atoms with van der Waals surface area (Å²) >= 11 is 6.05. The van der Waals surface area contributed by atoms with Crippen molar-refractivity contribution in [2.24, 2.45) is 0 Å². The van der Waals surface area contributed by atoms with Crippen molar-refractivity contribution in [1.82, 2.24) is 20.2 Å². The Bertz CT molecular complexity index is 910. The number of hydrogen-bond acceptors (Lipinski definition) is 5. The maximum absolute atomic E-state index is 12.2. The zero-order chi connectivity index (χ0) is 17.8. The van der Waals surface area contributed by atoms with Gasteiger partial charge in [-0.05, 0) is 42.0 Å². The number of aromatic nitrogens is 4. The third-order valence-electron chi connectivity index (χ3n) is 3.61. The molecule has 0 bridgehead atoms. The standard InChI is InChI=1S/C17H16ClN5O2/c1-11-14(18)7-4-8-15(11)19-16(24)10-23-21-17(20-22-23)12-5-3-6-13(9-12)25-2/h3-9H,10H2,1-2H3,(H,19,24). The van der Waals surface area contributed by atoms with Crippen molar-refractivity contribution < 1.29 is 9.53 Å². The smallest absolute Gasteiger partial charge is 0.248 e. The van der Waals surface area contributed by atoms with Crippen LogP contribution >= 0.6 is 11.6 Å². The van der Waals surface area contributed by atoms with Crippen molar-refractivity contribution in [3.8, 4) is 17.1 Å². The van der Waals surface area contributed by atoms with E-state index in [1.54, 1.807) is 31.4 Å². The molecule has 0 spiro atoms. The van der Waals surface area contributed by atoms with Crippen LogP contribution in [0.1, 0.15) is 5.56 Å². The number of ether oxygens (including phenoxy) is 1. The number of nitrogens with one attached hydrogen (secondary N) is 1. The minimum Gasteiger partial charge on any atom is -0.497 e. The van der Waals surface area contributed by atoms with E-state index in [0.29, 0.717) is 22.3 Å². The lowest BCUT2D eigenvalue weighted by molar-refractivity contribution is -0.117. The number of halogens is 1. The van der Waals surface area contributed by atoms with Crippen LogP contribution in [-0.4, -0.2) is 33.2 Å². The van der Waals surface area contributed by atoms with E-state index in [4.69, 9.17) is 16.3 Å². The number of anilines is 1. The number of carbonyl (C=O) groups is 1. The Balaban J connectivity index is 1.70. The SMILES string of the molecule is COc1cccc(-c2nnn(CC(=O)Nc3cccc(Cl)c3C)n2)c1. The van der Waals surface area contributed by atoms with Gasteiger partial charge in [0, 0.05) is 16.3 Å². The lowest BCUT2D eigenvalue weighted by atomic mass is 10.2. The highest BCUT2D eigenvalue weighted by molar-refractivity contribution is 6.31. The molecule has 0 saturated heterocycles. The number of hydrogen-bond donors (Lipinski definition) is 1. The molecule has 1 N–H and O–H groups in total. The largest absolute Gasteiger partial charge is 0.497 e. The molecule has 0 fully saturated rings. The second kappa shape index (κ2) is 7.31. The fourth-order valence-electron chi connectivity index (χ4n) is 2.25. The Morgan fingerprint density at radius 3 is 2.88 bits per heavy atom. The molecule has 2 aromatic carbocycles. The van der Waals surface area contributed by atoms with E-state index < -0.39 is 0 Å². The van der Waals surface area contributed by atoms with Gasteiger partial charge in [0.25, 0.3) is 0 Å². The van der Waals surface area contributed by atoms with Crippen molar-refractivity contribution in [2.75, 3.05) is 12.4 Å². The number of benzene rings is 2. The van der Waals surface area contributed by atoms with Gasteiger partial charge in [0.2, 0.25) is 11.7 Å². The quantitative estimate of drug-likeness (QED) is 0.759. The highest BCUT2D eigenvalue weighted by Crippen LogP contribution is 2.23. The van der Waals surface area contributed by atoms with Crippen LogP contribution < -0.4 is 10.1 Å². The summed E-state index contributed by atoms with van der Waals surface area (Å²) in [5, 5.41) is 15.5. The molecule has 7 nitrogen and oxygen atoms in total. The maximum atomic E-state index is 12.2. The average molecular weight is 358 g/mol. The van der Waals surface area contributed by atoms with E-state index in [1.165, 1.54) is 4.80 Å². The van der Waals surface area contributed by atoms with Crippen LogP contribution in [0.2, 0.25) is 5.02 Å². The first-order valence-electron chi connectivity index (χ1n) is 7.54. The number of nitrogens with zero attached hydrogens (tertiary/aromatic N) is 4. The van der Waals surface area contributed by atoms with E-state index in [-0.39, 0.29) is 12.5 Å². The highest BCUT2D eigenvalue weighted by atomic mass is 35.5. The molecule has 1 heterocycles. The van der Waals surface area contributed by atoms with Crippen LogP contribution in [0.4, 0.5) is 5.69 Å². The summed E-state index contributed by atoms with van der Waals surface area (Å²) in [7, 11) is 1.59. The molecule has 0 atom stereocenters. The predicted molar refractivity (Wildman–Crippen MR) is 94.6 cm³/mol. The lowest BCUT2D eigenvalue weighted by Crippen LogP contribution is -2.21. The van der Waals surface area contributed by atoms with Crippen molar-refractivity contribution >= 4 is 23.2 Å². The Labute approximate surface area is 149 Å². The van der Waals surface area contributed by atoms with Gasteiger partial charge in [-0.1, -0.05) is 29.8 Å². The predicted octanol–water partition coefficient (Wildman–Crippen LogP) is 2.95. The molecule has 3 aromatic rings. The molecule has 128 valence electrons. The Kier molecular flexibility index (Phi) is 4.95. The molecule has 0 unspecified atom stereocenters. The summed E-state index contributed by atoms with van der Waals surface area (Å²) in [5.74, 6) is 0.855. The van der Waals surface area contributed by atoms with E-state index in [1.807, 2.05) is 25.1 Å². The first-order valence-corrected chi connectivity index (χ1v) is 7.92. The summed E-state index contributed by atoms with van der Waals surface area (Å²) < 4.78 is 5.18. The second-order valence-corrected chi connectivity index (χ2v) is 5.74. The van der Waals surface area contributed by atoms with E-state index >= 15 is 0 Å². The normalized spacial score (nSPS) is 10.5. The monoisotopic (exact) mass is 357 g/mol. The van der Waals surface area contributed by atoms with Gasteiger partial charge >= 0.3 is 0 Å². The van der Waals surface area contributed by atoms with Crippen LogP contribution in [0.5, 0.6) is 5.75 Å². The summed E-state index contributed by atoms with van der Waals surface area (Å²) in [6, 6.07) is 12.6. The highest BCUT2D eigenvalue weighted by Gasteiger charge is 2.11. The van der Waals surface area contributed by atoms with E-state index in [9.17, 15) is 4.79 Å². The number of tetrazole rings is 1. The van der Waals surface area contributed by atoms with Crippen molar-refractivity contribution in [2.45, 2.75) is 13.5 Å². The molecule has 1 aromatic heterocycles. The van der Waals surface area contributed by atoms with Gasteiger partial charge in [0.15, 0.2) is 0 Å². The minimum absolute atomic E-state index is 0.0527. The van der Waals surface area contributed by atoms with Crippen molar-refractivity contribution in [3.05, 3.63) is 53.1 Å². The summed E-state index contributed by atoms with van der Waals surface area (Å²) in [6.07, 6.45) is 0. The molecule has 25 heavy (non-hydrogen) atoms. The van der Waals surface area contributed by atoms with Gasteiger partial charge in [-0.25, -0.2) is 0 Å². The molecular weight excluding hydrogens is 342 g/mol. The zero-order valence-electron chi connectivity index (χ0n) is 13.7. The summed E-state index contributed by atoms with van der Waals surface area (Å²) in [4.78, 5) is 13.4. The lowest BCUT2D eigenvalue weighted by Gasteiger charge is -2.08. The minimum atomic E-state index is -0.264. The molecular formula is C17H16ClN5O2. The molecule has 0 aliphatic heterocycles. The first kappa shape index (κ1) is 16.9. The Hall–Kier alpha value is -2.93.